The van der Waals surface area contributed by atoms with Crippen molar-refractivity contribution in [3.05, 3.63) is 0 Å². The number of hydrogen-bond donors (Lipinski definition) is 0. The standard InChI is InChI=1S/C11H26O4Si2/c1-12-16(13-2)11(17(14-3)15-4)10-8-6-5-7-9-10/h10-11,16-17H,5-9H2,1-4H3. The molecule has 1 saturated carbocycles. The van der Waals surface area contributed by atoms with E-state index >= 15 is 0 Å². The van der Waals surface area contributed by atoms with Crippen molar-refractivity contribution in [3.8, 4) is 0 Å². The highest BCUT2D eigenvalue weighted by Crippen LogP contribution is 2.37. The van der Waals surface area contributed by atoms with Crippen molar-refractivity contribution < 1.29 is 17.7 Å². The fourth-order valence-corrected chi connectivity index (χ4v) is 9.13. The van der Waals surface area contributed by atoms with Crippen LogP contribution in [-0.2, 0) is 17.7 Å². The van der Waals surface area contributed by atoms with Gasteiger partial charge in [0.15, 0.2) is 0 Å². The van der Waals surface area contributed by atoms with Crippen molar-refractivity contribution >= 4 is 18.6 Å². The Bertz CT molecular complexity index is 180. The van der Waals surface area contributed by atoms with Crippen LogP contribution in [0.2, 0.25) is 5.16 Å². The Morgan fingerprint density at radius 1 is 0.765 bits per heavy atom. The molecule has 0 aromatic heterocycles. The summed E-state index contributed by atoms with van der Waals surface area (Å²) in [5, 5.41) is 0.417. The summed E-state index contributed by atoms with van der Waals surface area (Å²) < 4.78 is 22.4. The van der Waals surface area contributed by atoms with Crippen molar-refractivity contribution in [3.63, 3.8) is 0 Å². The van der Waals surface area contributed by atoms with Gasteiger partial charge < -0.3 is 17.7 Å². The van der Waals surface area contributed by atoms with Crippen LogP contribution in [-0.4, -0.2) is 47.0 Å². The maximum absolute atomic E-state index is 5.59. The highest BCUT2D eigenvalue weighted by atomic mass is 28.4. The van der Waals surface area contributed by atoms with Crippen LogP contribution in [0.5, 0.6) is 0 Å². The molecule has 0 aromatic carbocycles. The van der Waals surface area contributed by atoms with Gasteiger partial charge in [0.25, 0.3) is 0 Å². The summed E-state index contributed by atoms with van der Waals surface area (Å²) in [4.78, 5) is 0. The quantitative estimate of drug-likeness (QED) is 0.662. The molecule has 6 heteroatoms. The Balaban J connectivity index is 2.74. The molecule has 0 aromatic rings. The van der Waals surface area contributed by atoms with Crippen LogP contribution in [0.15, 0.2) is 0 Å². The monoisotopic (exact) mass is 278 g/mol. The first-order chi connectivity index (χ1) is 8.28. The molecule has 0 radical (unpaired) electrons. The lowest BCUT2D eigenvalue weighted by atomic mass is 9.90. The van der Waals surface area contributed by atoms with Gasteiger partial charge in [-0.3, -0.25) is 0 Å². The third-order valence-corrected chi connectivity index (χ3v) is 9.84. The van der Waals surface area contributed by atoms with E-state index in [4.69, 9.17) is 17.7 Å². The van der Waals surface area contributed by atoms with Gasteiger partial charge in [0.1, 0.15) is 0 Å². The Hall–Kier alpha value is 0.274. The molecule has 102 valence electrons. The van der Waals surface area contributed by atoms with Gasteiger partial charge in [0, 0.05) is 33.6 Å². The maximum atomic E-state index is 5.59. The molecule has 1 aliphatic rings. The number of hydrogen-bond acceptors (Lipinski definition) is 4. The average molecular weight is 278 g/mol. The Kier molecular flexibility index (Phi) is 7.57. The largest absolute Gasteiger partial charge is 0.400 e. The zero-order valence-corrected chi connectivity index (χ0v) is 13.8. The van der Waals surface area contributed by atoms with Gasteiger partial charge in [-0.25, -0.2) is 0 Å². The van der Waals surface area contributed by atoms with Gasteiger partial charge in [-0.1, -0.05) is 32.1 Å². The fourth-order valence-electron chi connectivity index (χ4n) is 2.91. The minimum atomic E-state index is -1.66. The first-order valence-electron chi connectivity index (χ1n) is 6.39. The van der Waals surface area contributed by atoms with Crippen LogP contribution in [0.25, 0.3) is 0 Å². The molecular formula is C11H26O4Si2. The SMILES string of the molecule is CO[SiH](OC)C(C1CCCCC1)[SiH](OC)OC. The molecule has 0 spiro atoms. The van der Waals surface area contributed by atoms with E-state index in [1.165, 1.54) is 32.1 Å². The van der Waals surface area contributed by atoms with E-state index in [0.717, 1.165) is 0 Å². The maximum Gasteiger partial charge on any atom is 0.326 e. The zero-order chi connectivity index (χ0) is 12.7. The van der Waals surface area contributed by atoms with E-state index < -0.39 is 18.6 Å². The van der Waals surface area contributed by atoms with Crippen molar-refractivity contribution in [2.45, 2.75) is 37.3 Å². The molecule has 0 atom stereocenters. The highest BCUT2D eigenvalue weighted by molar-refractivity contribution is 6.67. The second-order valence-corrected chi connectivity index (χ2v) is 10.3. The van der Waals surface area contributed by atoms with E-state index in [0.29, 0.717) is 11.1 Å². The van der Waals surface area contributed by atoms with Gasteiger partial charge >= 0.3 is 18.6 Å². The molecule has 0 saturated heterocycles. The van der Waals surface area contributed by atoms with Gasteiger partial charge in [-0.2, -0.15) is 0 Å². The van der Waals surface area contributed by atoms with Crippen LogP contribution in [0.3, 0.4) is 0 Å². The molecule has 0 unspecified atom stereocenters. The zero-order valence-electron chi connectivity index (χ0n) is 11.5. The minimum Gasteiger partial charge on any atom is -0.400 e. The molecule has 0 bridgehead atoms. The van der Waals surface area contributed by atoms with Crippen LogP contribution in [0.1, 0.15) is 32.1 Å². The molecule has 0 amide bonds. The summed E-state index contributed by atoms with van der Waals surface area (Å²) >= 11 is 0. The molecule has 0 aliphatic heterocycles. The summed E-state index contributed by atoms with van der Waals surface area (Å²) in [6.07, 6.45) is 6.56. The van der Waals surface area contributed by atoms with Crippen molar-refractivity contribution in [1.82, 2.24) is 0 Å². The van der Waals surface area contributed by atoms with Crippen LogP contribution < -0.4 is 0 Å². The van der Waals surface area contributed by atoms with Crippen molar-refractivity contribution in [2.24, 2.45) is 5.92 Å². The van der Waals surface area contributed by atoms with E-state index in [1.807, 2.05) is 0 Å². The molecular weight excluding hydrogens is 252 g/mol. The normalized spacial score (nSPS) is 18.5. The predicted molar refractivity (Wildman–Crippen MR) is 72.7 cm³/mol. The third-order valence-electron chi connectivity index (χ3n) is 3.75. The van der Waals surface area contributed by atoms with Crippen molar-refractivity contribution in [1.29, 1.82) is 0 Å². The summed E-state index contributed by atoms with van der Waals surface area (Å²) in [7, 11) is 3.70. The summed E-state index contributed by atoms with van der Waals surface area (Å²) in [5.74, 6) is 0.678. The fraction of sp³-hybridized carbons (Fsp3) is 1.00. The lowest BCUT2D eigenvalue weighted by molar-refractivity contribution is 0.212. The molecule has 4 nitrogen and oxygen atoms in total. The Labute approximate surface area is 108 Å². The Morgan fingerprint density at radius 3 is 1.53 bits per heavy atom. The molecule has 17 heavy (non-hydrogen) atoms. The van der Waals surface area contributed by atoms with Crippen molar-refractivity contribution in [2.75, 3.05) is 28.4 Å². The lowest BCUT2D eigenvalue weighted by Crippen LogP contribution is -2.44. The van der Waals surface area contributed by atoms with Crippen LogP contribution in [0, 0.1) is 5.92 Å². The Morgan fingerprint density at radius 2 is 1.18 bits per heavy atom. The van der Waals surface area contributed by atoms with Crippen LogP contribution >= 0.6 is 0 Å². The van der Waals surface area contributed by atoms with Gasteiger partial charge in [-0.05, 0) is 5.92 Å². The van der Waals surface area contributed by atoms with Gasteiger partial charge in [0.05, 0.1) is 0 Å². The average Bonchev–Trinajstić information content (AvgIpc) is 2.40. The summed E-state index contributed by atoms with van der Waals surface area (Å²) in [5.41, 5.74) is 0. The smallest absolute Gasteiger partial charge is 0.326 e. The first-order valence-corrected chi connectivity index (χ1v) is 9.61. The molecule has 1 aliphatic carbocycles. The second kappa shape index (κ2) is 8.39. The van der Waals surface area contributed by atoms with Gasteiger partial charge in [0.2, 0.25) is 0 Å². The van der Waals surface area contributed by atoms with E-state index in [-0.39, 0.29) is 0 Å². The van der Waals surface area contributed by atoms with E-state index in [9.17, 15) is 0 Å². The lowest BCUT2D eigenvalue weighted by Gasteiger charge is -2.35. The summed E-state index contributed by atoms with van der Waals surface area (Å²) in [6, 6.07) is 0. The van der Waals surface area contributed by atoms with E-state index in [1.54, 1.807) is 28.4 Å². The van der Waals surface area contributed by atoms with Crippen LogP contribution in [0.4, 0.5) is 0 Å². The van der Waals surface area contributed by atoms with E-state index in [2.05, 4.69) is 0 Å². The highest BCUT2D eigenvalue weighted by Gasteiger charge is 2.41. The minimum absolute atomic E-state index is 0.417. The molecule has 0 heterocycles. The summed E-state index contributed by atoms with van der Waals surface area (Å²) in [6.45, 7) is 0. The predicted octanol–water partition coefficient (Wildman–Crippen LogP) is 1.50. The topological polar surface area (TPSA) is 36.9 Å². The first kappa shape index (κ1) is 15.3. The number of rotatable bonds is 7. The second-order valence-electron chi connectivity index (χ2n) is 4.66. The van der Waals surface area contributed by atoms with Gasteiger partial charge in [-0.15, -0.1) is 0 Å². The molecule has 1 fully saturated rings. The molecule has 0 N–H and O–H groups in total. The third kappa shape index (κ3) is 4.15. The molecule has 1 rings (SSSR count).